The van der Waals surface area contributed by atoms with Crippen LogP contribution in [0.5, 0.6) is 0 Å². The van der Waals surface area contributed by atoms with E-state index < -0.39 is 5.54 Å². The molecule has 0 spiro atoms. The van der Waals surface area contributed by atoms with Crippen LogP contribution in [0.2, 0.25) is 0 Å². The molecule has 0 bridgehead atoms. The Morgan fingerprint density at radius 2 is 2.20 bits per heavy atom. The Kier molecular flexibility index (Phi) is 4.34. The van der Waals surface area contributed by atoms with E-state index in [0.29, 0.717) is 15.8 Å². The molecule has 0 saturated heterocycles. The molecule has 2 aromatic heterocycles. The maximum absolute atomic E-state index is 12.2. The molecule has 2 aromatic rings. The number of nitrogen functional groups attached to an aromatic ring is 1. The summed E-state index contributed by atoms with van der Waals surface area (Å²) >= 11 is 2.78. The molecular formula is C12H17N5OS2. The second-order valence-electron chi connectivity index (χ2n) is 4.90. The zero-order chi connectivity index (χ0) is 14.8. The molecule has 3 N–H and O–H groups in total. The summed E-state index contributed by atoms with van der Waals surface area (Å²) in [5.74, 6) is -0.206. The van der Waals surface area contributed by atoms with E-state index in [4.69, 9.17) is 5.73 Å². The van der Waals surface area contributed by atoms with Crippen LogP contribution in [0, 0.1) is 0 Å². The van der Waals surface area contributed by atoms with Crippen LogP contribution in [-0.4, -0.2) is 21.1 Å². The summed E-state index contributed by atoms with van der Waals surface area (Å²) in [5, 5.41) is 14.5. The van der Waals surface area contributed by atoms with Crippen LogP contribution in [0.15, 0.2) is 5.38 Å². The van der Waals surface area contributed by atoms with Crippen molar-refractivity contribution in [3.05, 3.63) is 21.1 Å². The minimum Gasteiger partial charge on any atom is -0.374 e. The van der Waals surface area contributed by atoms with Gasteiger partial charge in [-0.05, 0) is 26.7 Å². The molecule has 108 valence electrons. The zero-order valence-electron chi connectivity index (χ0n) is 11.6. The van der Waals surface area contributed by atoms with Gasteiger partial charge in [-0.15, -0.1) is 21.5 Å². The first-order valence-corrected chi connectivity index (χ1v) is 7.98. The van der Waals surface area contributed by atoms with E-state index in [1.807, 2.05) is 13.8 Å². The minimum absolute atomic E-state index is 0.206. The van der Waals surface area contributed by atoms with Gasteiger partial charge < -0.3 is 11.1 Å². The van der Waals surface area contributed by atoms with E-state index >= 15 is 0 Å². The number of hydrogen-bond donors (Lipinski definition) is 2. The second kappa shape index (κ2) is 5.84. The molecule has 0 saturated carbocycles. The van der Waals surface area contributed by atoms with Gasteiger partial charge in [-0.25, -0.2) is 4.98 Å². The molecule has 2 rings (SSSR count). The fraction of sp³-hybridized carbons (Fsp3) is 0.500. The standard InChI is InChI=1S/C12H17N5OS2/c1-4-5-8-14-7(6-19-8)9(18)15-12(2,3)10-16-17-11(13)20-10/h6H,4-5H2,1-3H3,(H2,13,17)(H,15,18). The van der Waals surface area contributed by atoms with Gasteiger partial charge in [0.1, 0.15) is 10.7 Å². The first-order chi connectivity index (χ1) is 9.42. The van der Waals surface area contributed by atoms with Crippen molar-refractivity contribution in [3.63, 3.8) is 0 Å². The predicted octanol–water partition coefficient (Wildman–Crippen LogP) is 2.19. The fourth-order valence-corrected chi connectivity index (χ4v) is 3.18. The summed E-state index contributed by atoms with van der Waals surface area (Å²) in [4.78, 5) is 16.5. The monoisotopic (exact) mass is 311 g/mol. The number of nitrogens with one attached hydrogen (secondary N) is 1. The highest BCUT2D eigenvalue weighted by Gasteiger charge is 2.28. The Morgan fingerprint density at radius 3 is 2.80 bits per heavy atom. The van der Waals surface area contributed by atoms with Crippen LogP contribution in [0.1, 0.15) is 47.7 Å². The van der Waals surface area contributed by atoms with Gasteiger partial charge >= 0.3 is 0 Å². The second-order valence-corrected chi connectivity index (χ2v) is 6.85. The third-order valence-electron chi connectivity index (χ3n) is 2.65. The summed E-state index contributed by atoms with van der Waals surface area (Å²) in [6.07, 6.45) is 1.92. The lowest BCUT2D eigenvalue weighted by atomic mass is 10.1. The van der Waals surface area contributed by atoms with Gasteiger partial charge in [0.25, 0.3) is 5.91 Å². The number of carbonyl (C=O) groups is 1. The lowest BCUT2D eigenvalue weighted by Crippen LogP contribution is -2.41. The number of aryl methyl sites for hydroxylation is 1. The highest BCUT2D eigenvalue weighted by atomic mass is 32.1. The molecule has 8 heteroatoms. The smallest absolute Gasteiger partial charge is 0.271 e. The number of amides is 1. The van der Waals surface area contributed by atoms with Crippen molar-refractivity contribution in [3.8, 4) is 0 Å². The average molecular weight is 311 g/mol. The maximum atomic E-state index is 12.2. The number of nitrogens with zero attached hydrogens (tertiary/aromatic N) is 3. The van der Waals surface area contributed by atoms with E-state index in [0.717, 1.165) is 17.8 Å². The van der Waals surface area contributed by atoms with Crippen molar-refractivity contribution in [1.82, 2.24) is 20.5 Å². The first-order valence-electron chi connectivity index (χ1n) is 6.28. The summed E-state index contributed by atoms with van der Waals surface area (Å²) < 4.78 is 0. The lowest BCUT2D eigenvalue weighted by molar-refractivity contribution is 0.0907. The Bertz CT molecular complexity index is 605. The SMILES string of the molecule is CCCc1nc(C(=O)NC(C)(C)c2nnc(N)s2)cs1. The van der Waals surface area contributed by atoms with Gasteiger partial charge in [-0.2, -0.15) is 0 Å². The van der Waals surface area contributed by atoms with Crippen molar-refractivity contribution in [2.45, 2.75) is 39.2 Å². The van der Waals surface area contributed by atoms with Crippen LogP contribution in [0.25, 0.3) is 0 Å². The molecule has 0 aliphatic heterocycles. The van der Waals surface area contributed by atoms with Crippen LogP contribution >= 0.6 is 22.7 Å². The molecule has 20 heavy (non-hydrogen) atoms. The molecule has 6 nitrogen and oxygen atoms in total. The van der Waals surface area contributed by atoms with E-state index in [9.17, 15) is 4.79 Å². The number of hydrogen-bond acceptors (Lipinski definition) is 7. The highest BCUT2D eigenvalue weighted by Crippen LogP contribution is 2.25. The van der Waals surface area contributed by atoms with Crippen LogP contribution < -0.4 is 11.1 Å². The molecule has 1 amide bonds. The van der Waals surface area contributed by atoms with Crippen molar-refractivity contribution < 1.29 is 4.79 Å². The minimum atomic E-state index is -0.624. The summed E-state index contributed by atoms with van der Waals surface area (Å²) in [6.45, 7) is 5.82. The Labute approximate surface area is 125 Å². The van der Waals surface area contributed by atoms with Gasteiger partial charge in [0.2, 0.25) is 5.13 Å². The Hall–Kier alpha value is -1.54. The maximum Gasteiger partial charge on any atom is 0.271 e. The molecule has 0 atom stereocenters. The summed E-state index contributed by atoms with van der Waals surface area (Å²) in [5.41, 5.74) is 5.40. The highest BCUT2D eigenvalue weighted by molar-refractivity contribution is 7.15. The Balaban J connectivity index is 2.09. The molecular weight excluding hydrogens is 294 g/mol. The number of anilines is 1. The molecule has 0 unspecified atom stereocenters. The van der Waals surface area contributed by atoms with Crippen LogP contribution in [0.3, 0.4) is 0 Å². The van der Waals surface area contributed by atoms with Gasteiger partial charge in [0, 0.05) is 5.38 Å². The number of carbonyl (C=O) groups excluding carboxylic acids is 1. The van der Waals surface area contributed by atoms with Gasteiger partial charge in [0.15, 0.2) is 0 Å². The van der Waals surface area contributed by atoms with Crippen molar-refractivity contribution in [2.24, 2.45) is 0 Å². The van der Waals surface area contributed by atoms with Crippen LogP contribution in [0.4, 0.5) is 5.13 Å². The zero-order valence-corrected chi connectivity index (χ0v) is 13.3. The average Bonchev–Trinajstić information content (AvgIpc) is 2.98. The predicted molar refractivity (Wildman–Crippen MR) is 80.9 cm³/mol. The van der Waals surface area contributed by atoms with E-state index in [-0.39, 0.29) is 5.91 Å². The van der Waals surface area contributed by atoms with Crippen LogP contribution in [-0.2, 0) is 12.0 Å². The number of thiazole rings is 1. The Morgan fingerprint density at radius 1 is 1.45 bits per heavy atom. The fourth-order valence-electron chi connectivity index (χ4n) is 1.63. The molecule has 0 aliphatic rings. The van der Waals surface area contributed by atoms with Gasteiger partial charge in [-0.1, -0.05) is 18.3 Å². The largest absolute Gasteiger partial charge is 0.374 e. The van der Waals surface area contributed by atoms with E-state index in [1.54, 1.807) is 5.38 Å². The van der Waals surface area contributed by atoms with Gasteiger partial charge in [-0.3, -0.25) is 4.79 Å². The van der Waals surface area contributed by atoms with Gasteiger partial charge in [0.05, 0.1) is 10.5 Å². The number of nitrogens with two attached hydrogens (primary N) is 1. The molecule has 0 aromatic carbocycles. The van der Waals surface area contributed by atoms with E-state index in [1.165, 1.54) is 22.7 Å². The molecule has 0 radical (unpaired) electrons. The van der Waals surface area contributed by atoms with Crippen molar-refractivity contribution in [1.29, 1.82) is 0 Å². The number of aromatic nitrogens is 3. The van der Waals surface area contributed by atoms with Crippen molar-refractivity contribution in [2.75, 3.05) is 5.73 Å². The molecule has 2 heterocycles. The normalized spacial score (nSPS) is 11.6. The topological polar surface area (TPSA) is 93.8 Å². The molecule has 0 aliphatic carbocycles. The van der Waals surface area contributed by atoms with E-state index in [2.05, 4.69) is 27.4 Å². The van der Waals surface area contributed by atoms with Crippen molar-refractivity contribution >= 4 is 33.7 Å². The summed E-state index contributed by atoms with van der Waals surface area (Å²) in [6, 6.07) is 0. The first kappa shape index (κ1) is 14.9. The summed E-state index contributed by atoms with van der Waals surface area (Å²) in [7, 11) is 0. The number of rotatable bonds is 5. The lowest BCUT2D eigenvalue weighted by Gasteiger charge is -2.22. The third kappa shape index (κ3) is 3.31. The third-order valence-corrected chi connectivity index (χ3v) is 4.63. The molecule has 0 fully saturated rings. The quantitative estimate of drug-likeness (QED) is 0.883.